The molecule has 5 nitrogen and oxygen atoms in total. The number of nitrogens with two attached hydrogens (primary N) is 1. The van der Waals surface area contributed by atoms with Gasteiger partial charge in [-0.25, -0.2) is 4.99 Å². The second-order valence-corrected chi connectivity index (χ2v) is 5.74. The first kappa shape index (κ1) is 13.9. The number of hydrogen-bond acceptors (Lipinski definition) is 3. The summed E-state index contributed by atoms with van der Waals surface area (Å²) in [6.07, 6.45) is 3.38. The summed E-state index contributed by atoms with van der Waals surface area (Å²) in [4.78, 5) is 16.8. The lowest BCUT2D eigenvalue weighted by molar-refractivity contribution is -0.119. The van der Waals surface area contributed by atoms with Crippen LogP contribution in [0.2, 0.25) is 0 Å². The molecule has 0 radical (unpaired) electrons. The van der Waals surface area contributed by atoms with E-state index in [4.69, 9.17) is 5.73 Å². The highest BCUT2D eigenvalue weighted by Crippen LogP contribution is 2.27. The summed E-state index contributed by atoms with van der Waals surface area (Å²) in [5.74, 6) is 0.960. The number of aliphatic imine (C=N–C) groups is 1. The molecule has 104 valence electrons. The maximum Gasteiger partial charge on any atom is 0.241 e. The number of rotatable bonds is 7. The molecule has 1 aliphatic carbocycles. The van der Waals surface area contributed by atoms with Gasteiger partial charge in [-0.2, -0.15) is 0 Å². The molecule has 0 aromatic carbocycles. The van der Waals surface area contributed by atoms with Crippen molar-refractivity contribution in [3.05, 3.63) is 22.4 Å². The van der Waals surface area contributed by atoms with Crippen LogP contribution in [0.3, 0.4) is 0 Å². The van der Waals surface area contributed by atoms with Crippen molar-refractivity contribution in [2.45, 2.75) is 19.3 Å². The van der Waals surface area contributed by atoms with Crippen LogP contribution >= 0.6 is 11.3 Å². The van der Waals surface area contributed by atoms with E-state index in [9.17, 15) is 4.79 Å². The normalized spacial score (nSPS) is 15.3. The maximum absolute atomic E-state index is 11.4. The van der Waals surface area contributed by atoms with Crippen molar-refractivity contribution in [1.29, 1.82) is 0 Å². The minimum Gasteiger partial charge on any atom is -0.370 e. The number of amides is 1. The van der Waals surface area contributed by atoms with Gasteiger partial charge in [-0.15, -0.1) is 11.3 Å². The van der Waals surface area contributed by atoms with Crippen LogP contribution in [0.1, 0.15) is 17.7 Å². The fourth-order valence-electron chi connectivity index (χ4n) is 1.62. The van der Waals surface area contributed by atoms with Crippen LogP contribution in [0.15, 0.2) is 22.5 Å². The summed E-state index contributed by atoms with van der Waals surface area (Å²) in [6, 6.07) is 4.12. The number of carbonyl (C=O) groups excluding carboxylic acids is 1. The van der Waals surface area contributed by atoms with Gasteiger partial charge >= 0.3 is 0 Å². The predicted octanol–water partition coefficient (Wildman–Crippen LogP) is 0.721. The number of thiophene rings is 1. The van der Waals surface area contributed by atoms with E-state index in [0.29, 0.717) is 11.9 Å². The lowest BCUT2D eigenvalue weighted by Crippen LogP contribution is -2.35. The van der Waals surface area contributed by atoms with Crippen LogP contribution < -0.4 is 16.4 Å². The van der Waals surface area contributed by atoms with Crippen LogP contribution in [0, 0.1) is 5.92 Å². The zero-order valence-corrected chi connectivity index (χ0v) is 11.7. The van der Waals surface area contributed by atoms with Gasteiger partial charge in [0.1, 0.15) is 6.54 Å². The van der Waals surface area contributed by atoms with E-state index in [1.165, 1.54) is 17.7 Å². The fraction of sp³-hybridized carbons (Fsp3) is 0.538. The zero-order valence-electron chi connectivity index (χ0n) is 10.9. The van der Waals surface area contributed by atoms with Gasteiger partial charge < -0.3 is 16.4 Å². The van der Waals surface area contributed by atoms with Gasteiger partial charge in [0.25, 0.3) is 0 Å². The highest BCUT2D eigenvalue weighted by molar-refractivity contribution is 7.09. The Bertz CT molecular complexity index is 426. The minimum atomic E-state index is -0.0603. The summed E-state index contributed by atoms with van der Waals surface area (Å²) in [5, 5.41) is 7.91. The maximum atomic E-state index is 11.4. The Morgan fingerprint density at radius 1 is 1.47 bits per heavy atom. The second-order valence-electron chi connectivity index (χ2n) is 4.71. The van der Waals surface area contributed by atoms with Crippen LogP contribution in [0.4, 0.5) is 0 Å². The van der Waals surface area contributed by atoms with Crippen molar-refractivity contribution in [2.24, 2.45) is 16.6 Å². The van der Waals surface area contributed by atoms with E-state index in [1.54, 1.807) is 11.3 Å². The van der Waals surface area contributed by atoms with Crippen molar-refractivity contribution in [3.8, 4) is 0 Å². The fourth-order valence-corrected chi connectivity index (χ4v) is 2.33. The molecule has 1 aromatic rings. The summed E-state index contributed by atoms with van der Waals surface area (Å²) in [7, 11) is 0. The molecule has 1 fully saturated rings. The third kappa shape index (κ3) is 5.74. The second kappa shape index (κ2) is 7.13. The summed E-state index contributed by atoms with van der Waals surface area (Å²) < 4.78 is 0. The molecular weight excluding hydrogens is 260 g/mol. The molecule has 1 aromatic heterocycles. The molecule has 1 saturated carbocycles. The average molecular weight is 280 g/mol. The Hall–Kier alpha value is -1.56. The number of carbonyl (C=O) groups is 1. The molecule has 0 saturated heterocycles. The first-order valence-corrected chi connectivity index (χ1v) is 7.45. The van der Waals surface area contributed by atoms with Crippen molar-refractivity contribution in [3.63, 3.8) is 0 Å². The monoisotopic (exact) mass is 280 g/mol. The van der Waals surface area contributed by atoms with E-state index in [2.05, 4.69) is 27.1 Å². The first-order chi connectivity index (χ1) is 9.24. The van der Waals surface area contributed by atoms with E-state index >= 15 is 0 Å². The van der Waals surface area contributed by atoms with Crippen LogP contribution in [-0.2, 0) is 11.2 Å². The quantitative estimate of drug-likeness (QED) is 0.508. The summed E-state index contributed by atoms with van der Waals surface area (Å²) in [5.41, 5.74) is 5.69. The average Bonchev–Trinajstić information content (AvgIpc) is 3.09. The molecule has 1 aliphatic rings. The van der Waals surface area contributed by atoms with Crippen molar-refractivity contribution >= 4 is 23.2 Å². The van der Waals surface area contributed by atoms with Crippen molar-refractivity contribution in [2.75, 3.05) is 19.6 Å². The van der Waals surface area contributed by atoms with Crippen LogP contribution in [0.25, 0.3) is 0 Å². The molecule has 1 amide bonds. The van der Waals surface area contributed by atoms with Gasteiger partial charge in [0.15, 0.2) is 5.96 Å². The minimum absolute atomic E-state index is 0.0603. The molecule has 1 heterocycles. The van der Waals surface area contributed by atoms with Gasteiger partial charge in [0.2, 0.25) is 5.91 Å². The Morgan fingerprint density at radius 2 is 2.32 bits per heavy atom. The molecule has 0 spiro atoms. The van der Waals surface area contributed by atoms with Crippen molar-refractivity contribution < 1.29 is 4.79 Å². The molecule has 2 rings (SSSR count). The number of guanidine groups is 1. The highest BCUT2D eigenvalue weighted by Gasteiger charge is 2.21. The molecule has 0 atom stereocenters. The number of nitrogens with one attached hydrogen (secondary N) is 2. The van der Waals surface area contributed by atoms with Gasteiger partial charge in [0.05, 0.1) is 0 Å². The Kier molecular flexibility index (Phi) is 5.20. The van der Waals surface area contributed by atoms with Crippen molar-refractivity contribution in [1.82, 2.24) is 10.6 Å². The van der Waals surface area contributed by atoms with Crippen LogP contribution in [-0.4, -0.2) is 31.5 Å². The SMILES string of the molecule is NC(=NCC(=O)NCC1CC1)NCCc1cccs1. The Labute approximate surface area is 117 Å². The zero-order chi connectivity index (χ0) is 13.5. The van der Waals surface area contributed by atoms with E-state index in [0.717, 1.165) is 19.5 Å². The molecule has 0 unspecified atom stereocenters. The Balaban J connectivity index is 1.57. The van der Waals surface area contributed by atoms with Gasteiger partial charge in [-0.05, 0) is 36.6 Å². The van der Waals surface area contributed by atoms with Gasteiger partial charge in [-0.1, -0.05) is 6.07 Å². The number of nitrogens with zero attached hydrogens (tertiary/aromatic N) is 1. The molecule has 0 aliphatic heterocycles. The first-order valence-electron chi connectivity index (χ1n) is 6.57. The van der Waals surface area contributed by atoms with Crippen LogP contribution in [0.5, 0.6) is 0 Å². The molecule has 6 heteroatoms. The predicted molar refractivity (Wildman–Crippen MR) is 78.2 cm³/mol. The molecule has 4 N–H and O–H groups in total. The highest BCUT2D eigenvalue weighted by atomic mass is 32.1. The van der Waals surface area contributed by atoms with E-state index in [1.807, 2.05) is 6.07 Å². The summed E-state index contributed by atoms with van der Waals surface area (Å²) >= 11 is 1.72. The Morgan fingerprint density at radius 3 is 3.00 bits per heavy atom. The smallest absolute Gasteiger partial charge is 0.241 e. The molecule has 19 heavy (non-hydrogen) atoms. The van der Waals surface area contributed by atoms with Gasteiger partial charge in [-0.3, -0.25) is 4.79 Å². The standard InChI is InChI=1S/C13H20N4OS/c14-13(15-6-5-11-2-1-7-19-11)17-9-12(18)16-8-10-3-4-10/h1-2,7,10H,3-6,8-9H2,(H,16,18)(H3,14,15,17). The topological polar surface area (TPSA) is 79.5 Å². The van der Waals surface area contributed by atoms with Gasteiger partial charge in [0, 0.05) is 18.0 Å². The number of hydrogen-bond donors (Lipinski definition) is 3. The summed E-state index contributed by atoms with van der Waals surface area (Å²) in [6.45, 7) is 1.62. The third-order valence-corrected chi connectivity index (χ3v) is 3.87. The molecular formula is C13H20N4OS. The lowest BCUT2D eigenvalue weighted by atomic mass is 10.3. The largest absolute Gasteiger partial charge is 0.370 e. The van der Waals surface area contributed by atoms with E-state index in [-0.39, 0.29) is 12.5 Å². The van der Waals surface area contributed by atoms with E-state index < -0.39 is 0 Å². The lowest BCUT2D eigenvalue weighted by Gasteiger charge is -2.05. The third-order valence-electron chi connectivity index (χ3n) is 2.94. The molecule has 0 bridgehead atoms.